The molecule has 1 N–H and O–H groups in total. The lowest BCUT2D eigenvalue weighted by Crippen LogP contribution is -2.60. The van der Waals surface area contributed by atoms with E-state index in [2.05, 4.69) is 0 Å². The van der Waals surface area contributed by atoms with Gasteiger partial charge < -0.3 is 5.32 Å². The van der Waals surface area contributed by atoms with E-state index in [1.54, 1.807) is 12.1 Å². The third-order valence-corrected chi connectivity index (χ3v) is 3.27. The summed E-state index contributed by atoms with van der Waals surface area (Å²) in [5, 5.41) is 1.68. The normalized spacial score (nSPS) is 14.5. The van der Waals surface area contributed by atoms with Crippen LogP contribution < -0.4 is 5.32 Å². The Bertz CT molecular complexity index is 574. The Morgan fingerprint density at radius 2 is 1.65 bits per heavy atom. The van der Waals surface area contributed by atoms with Gasteiger partial charge in [0.15, 0.2) is 0 Å². The molecule has 1 aromatic rings. The predicted octanol–water partition coefficient (Wildman–Crippen LogP) is 4.22. The maximum Gasteiger partial charge on any atom is 0.460 e. The molecule has 0 aliphatic heterocycles. The van der Waals surface area contributed by atoms with Crippen molar-refractivity contribution in [2.75, 3.05) is 0 Å². The van der Waals surface area contributed by atoms with E-state index in [1.807, 2.05) is 0 Å². The van der Waals surface area contributed by atoms with Crippen LogP contribution in [0, 0.1) is 0 Å². The topological polar surface area (TPSA) is 29.1 Å². The number of alkyl halides is 7. The second kappa shape index (κ2) is 6.54. The van der Waals surface area contributed by atoms with Crippen molar-refractivity contribution in [1.29, 1.82) is 0 Å². The van der Waals surface area contributed by atoms with Crippen LogP contribution in [-0.4, -0.2) is 30.0 Å². The van der Waals surface area contributed by atoms with Crippen molar-refractivity contribution >= 4 is 17.5 Å². The fourth-order valence-corrected chi connectivity index (χ4v) is 1.89. The molecule has 10 heteroatoms. The average molecular weight is 366 g/mol. The molecule has 0 saturated carbocycles. The van der Waals surface area contributed by atoms with E-state index in [0.717, 1.165) is 0 Å². The lowest BCUT2D eigenvalue weighted by atomic mass is 10.1. The molecule has 0 aromatic heterocycles. The molecular weight excluding hydrogens is 355 g/mol. The third kappa shape index (κ3) is 4.07. The molecule has 0 spiro atoms. The number of hydrogen-bond donors (Lipinski definition) is 1. The van der Waals surface area contributed by atoms with E-state index in [9.17, 15) is 35.5 Å². The van der Waals surface area contributed by atoms with Gasteiger partial charge in [0.05, 0.1) is 0 Å². The summed E-state index contributed by atoms with van der Waals surface area (Å²) in [5.41, 5.74) is 0.410. The molecule has 0 fully saturated rings. The van der Waals surface area contributed by atoms with Crippen LogP contribution in [0.1, 0.15) is 12.5 Å². The summed E-state index contributed by atoms with van der Waals surface area (Å²) in [6, 6.07) is 4.96. The smallest absolute Gasteiger partial charge is 0.348 e. The summed E-state index contributed by atoms with van der Waals surface area (Å²) in [6.07, 6.45) is -6.68. The van der Waals surface area contributed by atoms with Crippen LogP contribution in [0.15, 0.2) is 24.3 Å². The highest BCUT2D eigenvalue weighted by molar-refractivity contribution is 6.31. The standard InChI is InChI=1S/C13H11ClF7NO/c1-7(6-8-4-2-3-5-9(8)14)22-10(23)11(15,16)12(17,18)13(19,20)21/h2-5,7H,6H2,1H3,(H,22,23). The molecule has 0 radical (unpaired) electrons. The number of carbonyl (C=O) groups is 1. The van der Waals surface area contributed by atoms with Gasteiger partial charge >= 0.3 is 18.0 Å². The van der Waals surface area contributed by atoms with Crippen molar-refractivity contribution in [3.05, 3.63) is 34.9 Å². The van der Waals surface area contributed by atoms with Crippen LogP contribution in [0.2, 0.25) is 5.02 Å². The Kier molecular flexibility index (Phi) is 5.56. The molecule has 0 bridgehead atoms. The van der Waals surface area contributed by atoms with Crippen molar-refractivity contribution in [2.24, 2.45) is 0 Å². The first-order chi connectivity index (χ1) is 10.3. The van der Waals surface area contributed by atoms with E-state index in [0.29, 0.717) is 5.56 Å². The van der Waals surface area contributed by atoms with Gasteiger partial charge in [0, 0.05) is 11.1 Å². The van der Waals surface area contributed by atoms with Gasteiger partial charge in [-0.1, -0.05) is 29.8 Å². The van der Waals surface area contributed by atoms with Crippen molar-refractivity contribution in [1.82, 2.24) is 5.32 Å². The van der Waals surface area contributed by atoms with Crippen molar-refractivity contribution in [3.63, 3.8) is 0 Å². The van der Waals surface area contributed by atoms with Crippen molar-refractivity contribution in [2.45, 2.75) is 37.4 Å². The summed E-state index contributed by atoms with van der Waals surface area (Å²) in [4.78, 5) is 11.2. The monoisotopic (exact) mass is 365 g/mol. The van der Waals surface area contributed by atoms with Crippen LogP contribution in [0.25, 0.3) is 0 Å². The molecule has 1 rings (SSSR count). The number of halogens is 8. The van der Waals surface area contributed by atoms with Gasteiger partial charge in [0.1, 0.15) is 0 Å². The lowest BCUT2D eigenvalue weighted by molar-refractivity contribution is -0.344. The maximum absolute atomic E-state index is 13.2. The summed E-state index contributed by atoms with van der Waals surface area (Å²) >= 11 is 5.80. The molecule has 23 heavy (non-hydrogen) atoms. The molecule has 1 amide bonds. The van der Waals surface area contributed by atoms with Gasteiger partial charge in [0.25, 0.3) is 5.91 Å². The van der Waals surface area contributed by atoms with E-state index in [4.69, 9.17) is 11.6 Å². The zero-order valence-electron chi connectivity index (χ0n) is 11.5. The quantitative estimate of drug-likeness (QED) is 0.778. The minimum atomic E-state index is -6.56. The zero-order chi connectivity index (χ0) is 18.1. The first kappa shape index (κ1) is 19.5. The van der Waals surface area contributed by atoms with E-state index < -0.39 is 30.0 Å². The van der Waals surface area contributed by atoms with Gasteiger partial charge in [-0.3, -0.25) is 4.79 Å². The Morgan fingerprint density at radius 1 is 1.13 bits per heavy atom. The number of carbonyl (C=O) groups excluding carboxylic acids is 1. The molecule has 1 unspecified atom stereocenters. The highest BCUT2D eigenvalue weighted by Gasteiger charge is 2.76. The fourth-order valence-electron chi connectivity index (χ4n) is 1.68. The molecule has 1 aromatic carbocycles. The molecule has 1 atom stereocenters. The first-order valence-electron chi connectivity index (χ1n) is 6.17. The van der Waals surface area contributed by atoms with Gasteiger partial charge in [-0.05, 0) is 25.0 Å². The number of amides is 1. The average Bonchev–Trinajstić information content (AvgIpc) is 2.39. The van der Waals surface area contributed by atoms with E-state index >= 15 is 0 Å². The minimum Gasteiger partial charge on any atom is -0.348 e. The molecule has 0 aliphatic rings. The molecule has 0 heterocycles. The number of hydrogen-bond acceptors (Lipinski definition) is 1. The Balaban J connectivity index is 2.84. The molecule has 0 aliphatic carbocycles. The predicted molar refractivity (Wildman–Crippen MR) is 68.7 cm³/mol. The van der Waals surface area contributed by atoms with Crippen LogP contribution in [0.4, 0.5) is 30.7 Å². The number of benzene rings is 1. The van der Waals surface area contributed by atoms with Gasteiger partial charge in [-0.2, -0.15) is 30.7 Å². The van der Waals surface area contributed by atoms with Crippen LogP contribution in [-0.2, 0) is 11.2 Å². The summed E-state index contributed by atoms with van der Waals surface area (Å²) < 4.78 is 87.8. The van der Waals surface area contributed by atoms with Crippen molar-refractivity contribution < 1.29 is 35.5 Å². The highest BCUT2D eigenvalue weighted by atomic mass is 35.5. The van der Waals surface area contributed by atoms with E-state index in [-0.39, 0.29) is 11.4 Å². The maximum atomic E-state index is 13.2. The second-order valence-corrected chi connectivity index (χ2v) is 5.22. The summed E-state index contributed by atoms with van der Waals surface area (Å²) in [6.45, 7) is 1.17. The molecule has 130 valence electrons. The Hall–Kier alpha value is -1.51. The fraction of sp³-hybridized carbons (Fsp3) is 0.462. The Morgan fingerprint density at radius 3 is 2.13 bits per heavy atom. The zero-order valence-corrected chi connectivity index (χ0v) is 12.3. The largest absolute Gasteiger partial charge is 0.460 e. The van der Waals surface area contributed by atoms with Crippen LogP contribution in [0.5, 0.6) is 0 Å². The van der Waals surface area contributed by atoms with Gasteiger partial charge in [-0.15, -0.1) is 0 Å². The van der Waals surface area contributed by atoms with E-state index in [1.165, 1.54) is 24.4 Å². The third-order valence-electron chi connectivity index (χ3n) is 2.90. The first-order valence-corrected chi connectivity index (χ1v) is 6.55. The summed E-state index contributed by atoms with van der Waals surface area (Å²) in [7, 11) is 0. The second-order valence-electron chi connectivity index (χ2n) is 4.82. The Labute approximate surface area is 131 Å². The number of rotatable bonds is 5. The van der Waals surface area contributed by atoms with Gasteiger partial charge in [-0.25, -0.2) is 0 Å². The van der Waals surface area contributed by atoms with Crippen LogP contribution in [0.3, 0.4) is 0 Å². The summed E-state index contributed by atoms with van der Waals surface area (Å²) in [5.74, 6) is -15.1. The van der Waals surface area contributed by atoms with Gasteiger partial charge in [0.2, 0.25) is 0 Å². The number of nitrogens with one attached hydrogen (secondary N) is 1. The van der Waals surface area contributed by atoms with Crippen molar-refractivity contribution in [3.8, 4) is 0 Å². The highest BCUT2D eigenvalue weighted by Crippen LogP contribution is 2.46. The minimum absolute atomic E-state index is 0.126. The molecule has 2 nitrogen and oxygen atoms in total. The SMILES string of the molecule is CC(Cc1ccccc1Cl)NC(=O)C(F)(F)C(F)(F)C(F)(F)F. The molecule has 0 saturated heterocycles. The molecular formula is C13H11ClF7NO. The van der Waals surface area contributed by atoms with Crippen LogP contribution >= 0.6 is 11.6 Å². The lowest BCUT2D eigenvalue weighted by Gasteiger charge is -2.28.